The van der Waals surface area contributed by atoms with Crippen molar-refractivity contribution in [2.45, 2.75) is 6.42 Å². The molecule has 2 aliphatic carbocycles. The van der Waals surface area contributed by atoms with Gasteiger partial charge in [-0.05, 0) is 48.6 Å². The lowest BCUT2D eigenvalue weighted by molar-refractivity contribution is -0.123. The third-order valence-electron chi connectivity index (χ3n) is 5.98. The maximum absolute atomic E-state index is 13.0. The van der Waals surface area contributed by atoms with Crippen molar-refractivity contribution >= 4 is 50.0 Å². The van der Waals surface area contributed by atoms with Crippen molar-refractivity contribution in [2.75, 3.05) is 10.2 Å². The molecule has 1 saturated heterocycles. The highest BCUT2D eigenvalue weighted by molar-refractivity contribution is 7.22. The number of hydrogen-bond acceptors (Lipinski definition) is 6. The van der Waals surface area contributed by atoms with Crippen molar-refractivity contribution in [1.29, 1.82) is 0 Å². The van der Waals surface area contributed by atoms with Gasteiger partial charge in [0.15, 0.2) is 5.13 Å². The number of nitrogens with one attached hydrogen (secondary N) is 1. The number of nitrogens with zero attached hydrogens (tertiary/aromatic N) is 3. The summed E-state index contributed by atoms with van der Waals surface area (Å²) in [6.07, 6.45) is 6.88. The Labute approximate surface area is 164 Å². The van der Waals surface area contributed by atoms with E-state index in [1.165, 1.54) is 16.2 Å². The van der Waals surface area contributed by atoms with Crippen LogP contribution in [-0.2, 0) is 9.59 Å². The molecule has 4 atom stereocenters. The lowest BCUT2D eigenvalue weighted by Crippen LogP contribution is -2.32. The minimum atomic E-state index is -0.198. The van der Waals surface area contributed by atoms with E-state index in [0.717, 1.165) is 28.1 Å². The predicted molar refractivity (Wildman–Crippen MR) is 107 cm³/mol. The van der Waals surface area contributed by atoms with Crippen LogP contribution in [0.2, 0.25) is 0 Å². The number of rotatable bonds is 3. The molecular formula is C21H16N4O2S. The average molecular weight is 388 g/mol. The summed E-state index contributed by atoms with van der Waals surface area (Å²) < 4.78 is 0.926. The van der Waals surface area contributed by atoms with Gasteiger partial charge in [-0.25, -0.2) is 14.9 Å². The molecule has 3 heterocycles. The Bertz CT molecular complexity index is 1130. The number of aromatic nitrogens is 2. The van der Waals surface area contributed by atoms with Gasteiger partial charge in [-0.2, -0.15) is 0 Å². The van der Waals surface area contributed by atoms with Crippen molar-refractivity contribution in [2.24, 2.45) is 23.7 Å². The minimum Gasteiger partial charge on any atom is -0.340 e. The molecule has 1 saturated carbocycles. The number of amides is 2. The number of pyridine rings is 1. The SMILES string of the molecule is O=C1[C@@H]2[C@H](C(=O)N1c1nc3ccc(Nc4ccccn4)cc3s1)[C@@H]1C=C[C@H]2C1. The molecule has 1 N–H and O–H groups in total. The zero-order valence-corrected chi connectivity index (χ0v) is 15.6. The van der Waals surface area contributed by atoms with Crippen LogP contribution in [0.4, 0.5) is 16.6 Å². The monoisotopic (exact) mass is 388 g/mol. The molecule has 2 bridgehead atoms. The van der Waals surface area contributed by atoms with Crippen molar-refractivity contribution in [3.8, 4) is 0 Å². The van der Waals surface area contributed by atoms with E-state index in [-0.39, 0.29) is 35.5 Å². The molecule has 0 unspecified atom stereocenters. The minimum absolute atomic E-state index is 0.0854. The third kappa shape index (κ3) is 2.19. The van der Waals surface area contributed by atoms with Crippen LogP contribution in [0.25, 0.3) is 10.2 Å². The zero-order chi connectivity index (χ0) is 18.8. The molecule has 0 spiro atoms. The second kappa shape index (κ2) is 5.72. The Balaban J connectivity index is 1.33. The Morgan fingerprint density at radius 2 is 1.82 bits per heavy atom. The lowest BCUT2D eigenvalue weighted by atomic mass is 9.85. The summed E-state index contributed by atoms with van der Waals surface area (Å²) in [7, 11) is 0. The number of thiazole rings is 1. The molecule has 6 nitrogen and oxygen atoms in total. The van der Waals surface area contributed by atoms with Crippen molar-refractivity contribution < 1.29 is 9.59 Å². The standard InChI is InChI=1S/C21H16N4O2S/c26-19-17-11-4-5-12(9-11)18(17)20(27)25(19)21-24-14-7-6-13(10-15(14)28-21)23-16-3-1-2-8-22-16/h1-8,10-12,17-18H,9H2,(H,22,23)/t11-,12+,17-,18+. The van der Waals surface area contributed by atoms with Crippen LogP contribution in [0.15, 0.2) is 54.7 Å². The predicted octanol–water partition coefficient (Wildman–Crippen LogP) is 3.75. The van der Waals surface area contributed by atoms with E-state index in [1.807, 2.05) is 36.4 Å². The normalized spacial score (nSPS) is 27.8. The largest absolute Gasteiger partial charge is 0.340 e. The smallest absolute Gasteiger partial charge is 0.240 e. The summed E-state index contributed by atoms with van der Waals surface area (Å²) in [6, 6.07) is 11.5. The molecule has 1 aromatic carbocycles. The molecule has 3 aromatic rings. The van der Waals surface area contributed by atoms with Crippen LogP contribution in [-0.4, -0.2) is 21.8 Å². The zero-order valence-electron chi connectivity index (χ0n) is 14.8. The first-order valence-electron chi connectivity index (χ1n) is 9.34. The number of anilines is 3. The van der Waals surface area contributed by atoms with E-state index in [4.69, 9.17) is 0 Å². The Morgan fingerprint density at radius 1 is 1.04 bits per heavy atom. The van der Waals surface area contributed by atoms with Crippen LogP contribution >= 0.6 is 11.3 Å². The molecule has 6 rings (SSSR count). The Hall–Kier alpha value is -3.06. The van der Waals surface area contributed by atoms with Gasteiger partial charge >= 0.3 is 0 Å². The van der Waals surface area contributed by atoms with Crippen molar-refractivity contribution in [3.05, 3.63) is 54.7 Å². The number of allylic oxidation sites excluding steroid dienone is 2. The van der Waals surface area contributed by atoms with Crippen LogP contribution < -0.4 is 10.2 Å². The molecule has 1 aliphatic heterocycles. The number of benzene rings is 1. The molecule has 2 aromatic heterocycles. The van der Waals surface area contributed by atoms with Gasteiger partial charge < -0.3 is 5.32 Å². The van der Waals surface area contributed by atoms with Crippen molar-refractivity contribution in [3.63, 3.8) is 0 Å². The lowest BCUT2D eigenvalue weighted by Gasteiger charge is -2.14. The molecule has 138 valence electrons. The first-order chi connectivity index (χ1) is 13.7. The van der Waals surface area contributed by atoms with E-state index in [2.05, 4.69) is 27.4 Å². The van der Waals surface area contributed by atoms with Gasteiger partial charge in [0.1, 0.15) is 5.82 Å². The maximum atomic E-state index is 13.0. The van der Waals surface area contributed by atoms with Crippen LogP contribution in [0.3, 0.4) is 0 Å². The summed E-state index contributed by atoms with van der Waals surface area (Å²) >= 11 is 1.38. The van der Waals surface area contributed by atoms with Gasteiger partial charge in [-0.3, -0.25) is 9.59 Å². The Kier molecular flexibility index (Phi) is 3.26. The highest BCUT2D eigenvalue weighted by Gasteiger charge is 2.60. The number of imide groups is 1. The highest BCUT2D eigenvalue weighted by Crippen LogP contribution is 2.53. The van der Waals surface area contributed by atoms with E-state index < -0.39 is 0 Å². The fourth-order valence-corrected chi connectivity index (χ4v) is 5.78. The van der Waals surface area contributed by atoms with Gasteiger partial charge in [0.25, 0.3) is 0 Å². The fraction of sp³-hybridized carbons (Fsp3) is 0.238. The molecule has 0 radical (unpaired) electrons. The number of carbonyl (C=O) groups excluding carboxylic acids is 2. The van der Waals surface area contributed by atoms with Gasteiger partial charge in [-0.1, -0.05) is 29.6 Å². The summed E-state index contributed by atoms with van der Waals surface area (Å²) in [4.78, 5) is 36.2. The van der Waals surface area contributed by atoms with Crippen LogP contribution in [0.5, 0.6) is 0 Å². The van der Waals surface area contributed by atoms with Gasteiger partial charge in [0.05, 0.1) is 22.1 Å². The first kappa shape index (κ1) is 15.9. The van der Waals surface area contributed by atoms with Gasteiger partial charge in [0, 0.05) is 11.9 Å². The van der Waals surface area contributed by atoms with E-state index in [9.17, 15) is 9.59 Å². The molecular weight excluding hydrogens is 372 g/mol. The summed E-state index contributed by atoms with van der Waals surface area (Å²) in [5, 5.41) is 3.74. The number of fused-ring (bicyclic) bond motifs is 6. The molecule has 2 amide bonds. The third-order valence-corrected chi connectivity index (χ3v) is 6.98. The van der Waals surface area contributed by atoms with Crippen LogP contribution in [0.1, 0.15) is 6.42 Å². The molecule has 28 heavy (non-hydrogen) atoms. The topological polar surface area (TPSA) is 75.2 Å². The quantitative estimate of drug-likeness (QED) is 0.546. The summed E-state index contributed by atoms with van der Waals surface area (Å²) in [6.45, 7) is 0. The molecule has 7 heteroatoms. The maximum Gasteiger partial charge on any atom is 0.240 e. The average Bonchev–Trinajstić information content (AvgIpc) is 3.45. The number of carbonyl (C=O) groups is 2. The summed E-state index contributed by atoms with van der Waals surface area (Å²) in [5.41, 5.74) is 1.67. The van der Waals surface area contributed by atoms with Gasteiger partial charge in [-0.15, -0.1) is 0 Å². The highest BCUT2D eigenvalue weighted by atomic mass is 32.1. The number of hydrogen-bond donors (Lipinski definition) is 1. The van der Waals surface area contributed by atoms with Crippen molar-refractivity contribution in [1.82, 2.24) is 9.97 Å². The molecule has 2 fully saturated rings. The molecule has 3 aliphatic rings. The van der Waals surface area contributed by atoms with E-state index in [0.29, 0.717) is 5.13 Å². The van der Waals surface area contributed by atoms with Gasteiger partial charge in [0.2, 0.25) is 11.8 Å². The Morgan fingerprint density at radius 3 is 2.54 bits per heavy atom. The second-order valence-corrected chi connectivity index (χ2v) is 8.54. The first-order valence-corrected chi connectivity index (χ1v) is 10.2. The summed E-state index contributed by atoms with van der Waals surface area (Å²) in [5.74, 6) is 0.606. The van der Waals surface area contributed by atoms with E-state index in [1.54, 1.807) is 6.20 Å². The van der Waals surface area contributed by atoms with E-state index >= 15 is 0 Å². The second-order valence-electron chi connectivity index (χ2n) is 7.53. The fourth-order valence-electron chi connectivity index (χ4n) is 4.76. The van der Waals surface area contributed by atoms with Crippen LogP contribution in [0, 0.1) is 23.7 Å².